The zero-order valence-electron chi connectivity index (χ0n) is 11.1. The van der Waals surface area contributed by atoms with Gasteiger partial charge < -0.3 is 10.1 Å². The zero-order valence-corrected chi connectivity index (χ0v) is 12.7. The molecule has 0 saturated heterocycles. The molecule has 0 unspecified atom stereocenters. The van der Waals surface area contributed by atoms with Crippen LogP contribution in [0.15, 0.2) is 22.7 Å². The Labute approximate surface area is 122 Å². The Morgan fingerprint density at radius 1 is 1.26 bits per heavy atom. The lowest BCUT2D eigenvalue weighted by Crippen LogP contribution is -2.28. The minimum absolute atomic E-state index is 0.270. The number of hydrogen-bond acceptors (Lipinski definition) is 2. The molecule has 0 amide bonds. The molecule has 0 atom stereocenters. The standard InChI is InChI=1S/C15H21BrFNO/c16-14-7-6-13(17)10-15(14)19-9-8-18-11-12-4-2-1-3-5-12/h6-7,10,12,18H,1-5,8-9,11H2. The molecule has 1 aliphatic rings. The van der Waals surface area contributed by atoms with Crippen LogP contribution < -0.4 is 10.1 Å². The van der Waals surface area contributed by atoms with Gasteiger partial charge in [0, 0.05) is 12.6 Å². The van der Waals surface area contributed by atoms with E-state index >= 15 is 0 Å². The molecule has 0 bridgehead atoms. The third kappa shape index (κ3) is 5.11. The van der Waals surface area contributed by atoms with E-state index in [1.807, 2.05) is 0 Å². The van der Waals surface area contributed by atoms with E-state index in [0.29, 0.717) is 12.4 Å². The van der Waals surface area contributed by atoms with Crippen molar-refractivity contribution in [1.82, 2.24) is 5.32 Å². The van der Waals surface area contributed by atoms with Gasteiger partial charge in [0.25, 0.3) is 0 Å². The Hall–Kier alpha value is -0.610. The van der Waals surface area contributed by atoms with Crippen LogP contribution in [-0.4, -0.2) is 19.7 Å². The fourth-order valence-electron chi connectivity index (χ4n) is 2.52. The molecule has 0 aliphatic heterocycles. The van der Waals surface area contributed by atoms with E-state index in [1.165, 1.54) is 44.2 Å². The van der Waals surface area contributed by atoms with E-state index in [1.54, 1.807) is 6.07 Å². The normalized spacial score (nSPS) is 16.5. The van der Waals surface area contributed by atoms with Crippen LogP contribution in [0.1, 0.15) is 32.1 Å². The van der Waals surface area contributed by atoms with Crippen molar-refractivity contribution in [3.05, 3.63) is 28.5 Å². The first kappa shape index (κ1) is 14.8. The van der Waals surface area contributed by atoms with Gasteiger partial charge in [0.1, 0.15) is 18.2 Å². The van der Waals surface area contributed by atoms with E-state index in [2.05, 4.69) is 21.2 Å². The Morgan fingerprint density at radius 2 is 2.05 bits per heavy atom. The van der Waals surface area contributed by atoms with Gasteiger partial charge in [-0.1, -0.05) is 19.3 Å². The summed E-state index contributed by atoms with van der Waals surface area (Å²) in [5.74, 6) is 1.13. The van der Waals surface area contributed by atoms with Crippen LogP contribution in [0.5, 0.6) is 5.75 Å². The maximum atomic E-state index is 13.0. The van der Waals surface area contributed by atoms with Gasteiger partial charge in [-0.15, -0.1) is 0 Å². The topological polar surface area (TPSA) is 21.3 Å². The SMILES string of the molecule is Fc1ccc(Br)c(OCCNCC2CCCCC2)c1. The van der Waals surface area contributed by atoms with Crippen molar-refractivity contribution in [2.75, 3.05) is 19.7 Å². The molecule has 2 rings (SSSR count). The smallest absolute Gasteiger partial charge is 0.136 e. The van der Waals surface area contributed by atoms with Crippen molar-refractivity contribution in [1.29, 1.82) is 0 Å². The van der Waals surface area contributed by atoms with Gasteiger partial charge in [-0.05, 0) is 53.4 Å². The first-order valence-corrected chi connectivity index (χ1v) is 7.83. The van der Waals surface area contributed by atoms with Crippen molar-refractivity contribution in [2.24, 2.45) is 5.92 Å². The molecule has 1 N–H and O–H groups in total. The summed E-state index contributed by atoms with van der Waals surface area (Å²) in [6.45, 7) is 2.45. The van der Waals surface area contributed by atoms with Crippen molar-refractivity contribution in [2.45, 2.75) is 32.1 Å². The fourth-order valence-corrected chi connectivity index (χ4v) is 2.88. The van der Waals surface area contributed by atoms with E-state index in [4.69, 9.17) is 4.74 Å². The molecule has 1 aliphatic carbocycles. The van der Waals surface area contributed by atoms with Crippen molar-refractivity contribution < 1.29 is 9.13 Å². The third-order valence-corrected chi connectivity index (χ3v) is 4.24. The minimum atomic E-state index is -0.270. The Morgan fingerprint density at radius 3 is 2.84 bits per heavy atom. The van der Waals surface area contributed by atoms with E-state index in [-0.39, 0.29) is 5.82 Å². The van der Waals surface area contributed by atoms with Crippen LogP contribution >= 0.6 is 15.9 Å². The summed E-state index contributed by atoms with van der Waals surface area (Å²) in [6, 6.07) is 4.49. The molecule has 4 heteroatoms. The average Bonchev–Trinajstić information content (AvgIpc) is 2.43. The zero-order chi connectivity index (χ0) is 13.5. The van der Waals surface area contributed by atoms with Crippen molar-refractivity contribution in [3.63, 3.8) is 0 Å². The Balaban J connectivity index is 1.62. The maximum absolute atomic E-state index is 13.0. The van der Waals surface area contributed by atoms with Gasteiger partial charge in [-0.2, -0.15) is 0 Å². The molecule has 2 nitrogen and oxygen atoms in total. The highest BCUT2D eigenvalue weighted by Crippen LogP contribution is 2.25. The lowest BCUT2D eigenvalue weighted by Gasteiger charge is -2.21. The van der Waals surface area contributed by atoms with Crippen LogP contribution in [0.3, 0.4) is 0 Å². The maximum Gasteiger partial charge on any atom is 0.136 e. The number of halogens is 2. The quantitative estimate of drug-likeness (QED) is 0.792. The molecule has 0 spiro atoms. The number of ether oxygens (including phenoxy) is 1. The summed E-state index contributed by atoms with van der Waals surface area (Å²) in [7, 11) is 0. The van der Waals surface area contributed by atoms with Crippen LogP contribution in [0.2, 0.25) is 0 Å². The molecular formula is C15H21BrFNO. The van der Waals surface area contributed by atoms with E-state index in [9.17, 15) is 4.39 Å². The number of hydrogen-bond donors (Lipinski definition) is 1. The third-order valence-electron chi connectivity index (χ3n) is 3.59. The second-order valence-electron chi connectivity index (χ2n) is 5.13. The number of nitrogens with one attached hydrogen (secondary N) is 1. The number of rotatable bonds is 6. The second kappa shape index (κ2) is 7.85. The second-order valence-corrected chi connectivity index (χ2v) is 5.99. The molecule has 0 aromatic heterocycles. The highest BCUT2D eigenvalue weighted by Gasteiger charge is 2.12. The Bertz CT molecular complexity index is 394. The summed E-state index contributed by atoms with van der Waals surface area (Å²) in [4.78, 5) is 0. The van der Waals surface area contributed by atoms with E-state index in [0.717, 1.165) is 23.5 Å². The lowest BCUT2D eigenvalue weighted by atomic mass is 9.89. The molecule has 1 aromatic rings. The molecule has 1 fully saturated rings. The summed E-state index contributed by atoms with van der Waals surface area (Å²) in [6.07, 6.45) is 6.85. The van der Waals surface area contributed by atoms with Gasteiger partial charge in [0.05, 0.1) is 4.47 Å². The Kier molecular flexibility index (Phi) is 6.11. The molecular weight excluding hydrogens is 309 g/mol. The average molecular weight is 330 g/mol. The summed E-state index contributed by atoms with van der Waals surface area (Å²) in [5, 5.41) is 3.43. The van der Waals surface area contributed by atoms with E-state index < -0.39 is 0 Å². The van der Waals surface area contributed by atoms with Crippen LogP contribution in [0.25, 0.3) is 0 Å². The van der Waals surface area contributed by atoms with Gasteiger partial charge in [0.15, 0.2) is 0 Å². The summed E-state index contributed by atoms with van der Waals surface area (Å²) >= 11 is 3.35. The van der Waals surface area contributed by atoms with Gasteiger partial charge in [0.2, 0.25) is 0 Å². The summed E-state index contributed by atoms with van der Waals surface area (Å²) < 4.78 is 19.4. The molecule has 106 valence electrons. The van der Waals surface area contributed by atoms with Gasteiger partial charge in [-0.3, -0.25) is 0 Å². The monoisotopic (exact) mass is 329 g/mol. The van der Waals surface area contributed by atoms with Crippen LogP contribution in [0.4, 0.5) is 4.39 Å². The summed E-state index contributed by atoms with van der Waals surface area (Å²) in [5.41, 5.74) is 0. The largest absolute Gasteiger partial charge is 0.491 e. The molecule has 0 radical (unpaired) electrons. The number of benzene rings is 1. The molecule has 1 saturated carbocycles. The molecule has 1 aromatic carbocycles. The molecule has 19 heavy (non-hydrogen) atoms. The first-order chi connectivity index (χ1) is 9.25. The highest BCUT2D eigenvalue weighted by atomic mass is 79.9. The van der Waals surface area contributed by atoms with Gasteiger partial charge >= 0.3 is 0 Å². The highest BCUT2D eigenvalue weighted by molar-refractivity contribution is 9.10. The first-order valence-electron chi connectivity index (χ1n) is 7.04. The predicted molar refractivity (Wildman–Crippen MR) is 79.0 cm³/mol. The molecule has 0 heterocycles. The van der Waals surface area contributed by atoms with Crippen molar-refractivity contribution in [3.8, 4) is 5.75 Å². The van der Waals surface area contributed by atoms with Crippen molar-refractivity contribution >= 4 is 15.9 Å². The van der Waals surface area contributed by atoms with Crippen LogP contribution in [-0.2, 0) is 0 Å². The van der Waals surface area contributed by atoms with Gasteiger partial charge in [-0.25, -0.2) is 4.39 Å². The lowest BCUT2D eigenvalue weighted by molar-refractivity contribution is 0.292. The minimum Gasteiger partial charge on any atom is -0.491 e. The van der Waals surface area contributed by atoms with Crippen LogP contribution in [0, 0.1) is 11.7 Å². The fraction of sp³-hybridized carbons (Fsp3) is 0.600. The predicted octanol–water partition coefficient (Wildman–Crippen LogP) is 4.14.